The molecule has 0 saturated heterocycles. The van der Waals surface area contributed by atoms with Crippen LogP contribution in [0, 0.1) is 5.82 Å². The highest BCUT2D eigenvalue weighted by Crippen LogP contribution is 2.17. The van der Waals surface area contributed by atoms with Crippen LogP contribution >= 0.6 is 0 Å². The van der Waals surface area contributed by atoms with E-state index in [2.05, 4.69) is 5.32 Å². The molecule has 0 aliphatic rings. The standard InChI is InChI=1S/C18H18FNO4/c1-23-16-5-3-2-4-14(16)10-18(22)24-12-17(21)20-11-13-6-8-15(19)9-7-13/h2-9H,10-12H2,1H3,(H,20,21). The van der Waals surface area contributed by atoms with E-state index in [-0.39, 0.29) is 25.4 Å². The van der Waals surface area contributed by atoms with Gasteiger partial charge in [0.05, 0.1) is 13.5 Å². The van der Waals surface area contributed by atoms with Crippen molar-refractivity contribution in [3.8, 4) is 5.75 Å². The minimum Gasteiger partial charge on any atom is -0.496 e. The first-order valence-electron chi connectivity index (χ1n) is 7.37. The number of halogens is 1. The Morgan fingerprint density at radius 2 is 1.79 bits per heavy atom. The first kappa shape index (κ1) is 17.5. The van der Waals surface area contributed by atoms with Crippen molar-refractivity contribution in [2.24, 2.45) is 0 Å². The smallest absolute Gasteiger partial charge is 0.310 e. The van der Waals surface area contributed by atoms with Crippen LogP contribution in [0.4, 0.5) is 4.39 Å². The molecule has 5 nitrogen and oxygen atoms in total. The van der Waals surface area contributed by atoms with Gasteiger partial charge in [0.1, 0.15) is 11.6 Å². The van der Waals surface area contributed by atoms with Crippen LogP contribution < -0.4 is 10.1 Å². The molecule has 1 amide bonds. The topological polar surface area (TPSA) is 64.6 Å². The molecule has 0 spiro atoms. The van der Waals surface area contributed by atoms with E-state index in [9.17, 15) is 14.0 Å². The Morgan fingerprint density at radius 3 is 2.50 bits per heavy atom. The predicted molar refractivity (Wildman–Crippen MR) is 85.9 cm³/mol. The molecule has 2 aromatic carbocycles. The highest BCUT2D eigenvalue weighted by atomic mass is 19.1. The third kappa shape index (κ3) is 5.39. The first-order chi connectivity index (χ1) is 11.6. The summed E-state index contributed by atoms with van der Waals surface area (Å²) in [6.07, 6.45) is 0.0231. The van der Waals surface area contributed by atoms with Crippen LogP contribution in [-0.4, -0.2) is 25.6 Å². The van der Waals surface area contributed by atoms with Crippen LogP contribution in [0.15, 0.2) is 48.5 Å². The molecule has 2 rings (SSSR count). The number of rotatable bonds is 7. The molecular formula is C18H18FNO4. The number of nitrogens with one attached hydrogen (secondary N) is 1. The minimum atomic E-state index is -0.517. The van der Waals surface area contributed by atoms with Gasteiger partial charge >= 0.3 is 5.97 Å². The number of hydrogen-bond acceptors (Lipinski definition) is 4. The van der Waals surface area contributed by atoms with Gasteiger partial charge in [-0.1, -0.05) is 30.3 Å². The molecule has 0 aliphatic heterocycles. The van der Waals surface area contributed by atoms with Crippen molar-refractivity contribution in [1.29, 1.82) is 0 Å². The maximum atomic E-state index is 12.8. The number of carbonyl (C=O) groups excluding carboxylic acids is 2. The molecule has 0 bridgehead atoms. The van der Waals surface area contributed by atoms with Gasteiger partial charge in [-0.2, -0.15) is 0 Å². The molecule has 0 radical (unpaired) electrons. The Bertz CT molecular complexity index is 700. The Hall–Kier alpha value is -2.89. The highest BCUT2D eigenvalue weighted by molar-refractivity contribution is 5.81. The second kappa shape index (κ2) is 8.67. The van der Waals surface area contributed by atoms with Crippen LogP contribution in [0.1, 0.15) is 11.1 Å². The Morgan fingerprint density at radius 1 is 1.08 bits per heavy atom. The van der Waals surface area contributed by atoms with E-state index in [1.54, 1.807) is 36.4 Å². The van der Waals surface area contributed by atoms with Crippen molar-refractivity contribution < 1.29 is 23.5 Å². The Labute approximate surface area is 139 Å². The van der Waals surface area contributed by atoms with E-state index in [0.29, 0.717) is 11.3 Å². The fraction of sp³-hybridized carbons (Fsp3) is 0.222. The van der Waals surface area contributed by atoms with Gasteiger partial charge in [0.15, 0.2) is 6.61 Å². The van der Waals surface area contributed by atoms with E-state index in [1.165, 1.54) is 19.2 Å². The number of amides is 1. The van der Waals surface area contributed by atoms with Gasteiger partial charge in [-0.15, -0.1) is 0 Å². The lowest BCUT2D eigenvalue weighted by molar-refractivity contribution is -0.147. The van der Waals surface area contributed by atoms with Gasteiger partial charge in [0, 0.05) is 12.1 Å². The molecule has 0 atom stereocenters. The third-order valence-corrected chi connectivity index (χ3v) is 3.29. The fourth-order valence-corrected chi connectivity index (χ4v) is 2.06. The van der Waals surface area contributed by atoms with Crippen molar-refractivity contribution in [2.75, 3.05) is 13.7 Å². The zero-order valence-corrected chi connectivity index (χ0v) is 13.3. The maximum absolute atomic E-state index is 12.8. The van der Waals surface area contributed by atoms with E-state index in [1.807, 2.05) is 0 Å². The molecule has 0 aliphatic carbocycles. The van der Waals surface area contributed by atoms with Crippen molar-refractivity contribution in [3.05, 3.63) is 65.5 Å². The Kier molecular flexibility index (Phi) is 6.31. The Balaban J connectivity index is 1.74. The van der Waals surface area contributed by atoms with Crippen LogP contribution in [0.5, 0.6) is 5.75 Å². The second-order valence-corrected chi connectivity index (χ2v) is 5.05. The number of carbonyl (C=O) groups is 2. The first-order valence-corrected chi connectivity index (χ1v) is 7.37. The van der Waals surface area contributed by atoms with E-state index < -0.39 is 11.9 Å². The summed E-state index contributed by atoms with van der Waals surface area (Å²) in [4.78, 5) is 23.5. The SMILES string of the molecule is COc1ccccc1CC(=O)OCC(=O)NCc1ccc(F)cc1. The van der Waals surface area contributed by atoms with E-state index in [4.69, 9.17) is 9.47 Å². The summed E-state index contributed by atoms with van der Waals surface area (Å²) in [5.74, 6) is -0.685. The molecular weight excluding hydrogens is 313 g/mol. The van der Waals surface area contributed by atoms with Gasteiger partial charge in [-0.25, -0.2) is 4.39 Å². The number of ether oxygens (including phenoxy) is 2. The maximum Gasteiger partial charge on any atom is 0.310 e. The quantitative estimate of drug-likeness (QED) is 0.790. The summed E-state index contributed by atoms with van der Waals surface area (Å²) in [7, 11) is 1.52. The fourth-order valence-electron chi connectivity index (χ4n) is 2.06. The summed E-state index contributed by atoms with van der Waals surface area (Å²) >= 11 is 0. The monoisotopic (exact) mass is 331 g/mol. The average Bonchev–Trinajstić information content (AvgIpc) is 2.60. The molecule has 0 saturated carbocycles. The number of benzene rings is 2. The second-order valence-electron chi connectivity index (χ2n) is 5.05. The van der Waals surface area contributed by atoms with Crippen LogP contribution in [0.2, 0.25) is 0 Å². The summed E-state index contributed by atoms with van der Waals surface area (Å²) in [6.45, 7) is -0.127. The van der Waals surface area contributed by atoms with Gasteiger partial charge in [0.25, 0.3) is 5.91 Å². The minimum absolute atomic E-state index is 0.0231. The van der Waals surface area contributed by atoms with Gasteiger partial charge in [-0.3, -0.25) is 9.59 Å². The van der Waals surface area contributed by atoms with Crippen molar-refractivity contribution in [3.63, 3.8) is 0 Å². The number of methoxy groups -OCH3 is 1. The lowest BCUT2D eigenvalue weighted by Gasteiger charge is -2.09. The normalized spacial score (nSPS) is 10.1. The zero-order chi connectivity index (χ0) is 17.4. The van der Waals surface area contributed by atoms with Gasteiger partial charge in [-0.05, 0) is 23.8 Å². The third-order valence-electron chi connectivity index (χ3n) is 3.29. The molecule has 0 unspecified atom stereocenters. The molecule has 24 heavy (non-hydrogen) atoms. The number of para-hydroxylation sites is 1. The number of esters is 1. The molecule has 6 heteroatoms. The molecule has 0 fully saturated rings. The lowest BCUT2D eigenvalue weighted by Crippen LogP contribution is -2.28. The predicted octanol–water partition coefficient (Wildman–Crippen LogP) is 2.24. The summed E-state index contributed by atoms with van der Waals surface area (Å²) in [6, 6.07) is 12.9. The van der Waals surface area contributed by atoms with Crippen LogP contribution in [0.3, 0.4) is 0 Å². The summed E-state index contributed by atoms with van der Waals surface area (Å²) < 4.78 is 22.9. The van der Waals surface area contributed by atoms with Crippen molar-refractivity contribution in [1.82, 2.24) is 5.32 Å². The molecule has 1 N–H and O–H groups in total. The van der Waals surface area contributed by atoms with Gasteiger partial charge in [0.2, 0.25) is 0 Å². The summed E-state index contributed by atoms with van der Waals surface area (Å²) in [5.41, 5.74) is 1.45. The van der Waals surface area contributed by atoms with Crippen LogP contribution in [0.25, 0.3) is 0 Å². The molecule has 0 heterocycles. The highest BCUT2D eigenvalue weighted by Gasteiger charge is 2.11. The summed E-state index contributed by atoms with van der Waals surface area (Å²) in [5, 5.41) is 2.60. The van der Waals surface area contributed by atoms with Gasteiger partial charge < -0.3 is 14.8 Å². The van der Waals surface area contributed by atoms with E-state index >= 15 is 0 Å². The zero-order valence-electron chi connectivity index (χ0n) is 13.3. The van der Waals surface area contributed by atoms with Crippen molar-refractivity contribution >= 4 is 11.9 Å². The molecule has 0 aromatic heterocycles. The van der Waals surface area contributed by atoms with Crippen molar-refractivity contribution in [2.45, 2.75) is 13.0 Å². The molecule has 126 valence electrons. The molecule has 2 aromatic rings. The lowest BCUT2D eigenvalue weighted by atomic mass is 10.1. The largest absolute Gasteiger partial charge is 0.496 e. The van der Waals surface area contributed by atoms with E-state index in [0.717, 1.165) is 5.56 Å². The van der Waals surface area contributed by atoms with Crippen LogP contribution in [-0.2, 0) is 27.3 Å². The average molecular weight is 331 g/mol. The number of hydrogen-bond donors (Lipinski definition) is 1.